The van der Waals surface area contributed by atoms with Gasteiger partial charge in [0.15, 0.2) is 0 Å². The molecule has 1 aromatic carbocycles. The molecule has 4 nitrogen and oxygen atoms in total. The number of halogens is 1. The SMILES string of the molecule is Cc1cc(Br)cc(C)c1-c1noc(C)c1C(=O)O. The van der Waals surface area contributed by atoms with Crippen molar-refractivity contribution in [2.75, 3.05) is 0 Å². The van der Waals surface area contributed by atoms with E-state index in [0.29, 0.717) is 11.5 Å². The Morgan fingerprint density at radius 3 is 2.33 bits per heavy atom. The summed E-state index contributed by atoms with van der Waals surface area (Å²) in [6, 6.07) is 3.86. The summed E-state index contributed by atoms with van der Waals surface area (Å²) >= 11 is 3.41. The fourth-order valence-corrected chi connectivity index (χ4v) is 2.77. The molecule has 0 saturated heterocycles. The summed E-state index contributed by atoms with van der Waals surface area (Å²) in [6.45, 7) is 5.44. The first-order valence-electron chi connectivity index (χ1n) is 5.38. The molecule has 1 heterocycles. The number of aromatic nitrogens is 1. The Balaban J connectivity index is 2.74. The molecular weight excluding hydrogens is 298 g/mol. The van der Waals surface area contributed by atoms with Gasteiger partial charge < -0.3 is 9.63 Å². The Hall–Kier alpha value is -1.62. The molecule has 0 radical (unpaired) electrons. The van der Waals surface area contributed by atoms with E-state index in [4.69, 9.17) is 4.52 Å². The number of carboxylic acid groups (broad SMARTS) is 1. The molecular formula is C13H12BrNO3. The van der Waals surface area contributed by atoms with Crippen LogP contribution < -0.4 is 0 Å². The molecule has 0 amide bonds. The van der Waals surface area contributed by atoms with E-state index in [0.717, 1.165) is 21.2 Å². The van der Waals surface area contributed by atoms with E-state index in [1.165, 1.54) is 0 Å². The topological polar surface area (TPSA) is 63.3 Å². The highest BCUT2D eigenvalue weighted by molar-refractivity contribution is 9.10. The second-order valence-electron chi connectivity index (χ2n) is 4.18. The van der Waals surface area contributed by atoms with Crippen molar-refractivity contribution in [2.24, 2.45) is 0 Å². The van der Waals surface area contributed by atoms with E-state index in [-0.39, 0.29) is 5.56 Å². The van der Waals surface area contributed by atoms with Crippen LogP contribution in [0.3, 0.4) is 0 Å². The Labute approximate surface area is 113 Å². The molecule has 0 atom stereocenters. The third kappa shape index (κ3) is 2.06. The average Bonchev–Trinajstić information content (AvgIpc) is 2.58. The van der Waals surface area contributed by atoms with Crippen molar-refractivity contribution in [1.29, 1.82) is 0 Å². The van der Waals surface area contributed by atoms with Crippen LogP contribution >= 0.6 is 15.9 Å². The van der Waals surface area contributed by atoms with Crippen molar-refractivity contribution < 1.29 is 14.4 Å². The van der Waals surface area contributed by atoms with E-state index in [2.05, 4.69) is 21.1 Å². The predicted octanol–water partition coefficient (Wildman–Crippen LogP) is 3.73. The van der Waals surface area contributed by atoms with E-state index in [9.17, 15) is 9.90 Å². The van der Waals surface area contributed by atoms with Crippen LogP contribution in [0, 0.1) is 20.8 Å². The van der Waals surface area contributed by atoms with Crippen molar-refractivity contribution in [3.05, 3.63) is 39.1 Å². The third-order valence-corrected chi connectivity index (χ3v) is 3.27. The minimum absolute atomic E-state index is 0.128. The highest BCUT2D eigenvalue weighted by Gasteiger charge is 2.23. The maximum absolute atomic E-state index is 11.3. The summed E-state index contributed by atoms with van der Waals surface area (Å²) in [6.07, 6.45) is 0. The maximum atomic E-state index is 11.3. The van der Waals surface area contributed by atoms with Gasteiger partial charge in [-0.2, -0.15) is 0 Å². The van der Waals surface area contributed by atoms with E-state index in [1.807, 2.05) is 26.0 Å². The van der Waals surface area contributed by atoms with Gasteiger partial charge in [0, 0.05) is 10.0 Å². The van der Waals surface area contributed by atoms with Gasteiger partial charge in [0.05, 0.1) is 0 Å². The number of carboxylic acids is 1. The van der Waals surface area contributed by atoms with Gasteiger partial charge in [-0.25, -0.2) is 4.79 Å². The van der Waals surface area contributed by atoms with Gasteiger partial charge in [-0.3, -0.25) is 0 Å². The van der Waals surface area contributed by atoms with Crippen molar-refractivity contribution in [3.63, 3.8) is 0 Å². The van der Waals surface area contributed by atoms with Gasteiger partial charge in [0.1, 0.15) is 17.0 Å². The summed E-state index contributed by atoms with van der Waals surface area (Å²) in [5.74, 6) is -0.704. The molecule has 0 aliphatic carbocycles. The van der Waals surface area contributed by atoms with E-state index < -0.39 is 5.97 Å². The van der Waals surface area contributed by atoms with Gasteiger partial charge in [0.2, 0.25) is 0 Å². The number of nitrogens with zero attached hydrogens (tertiary/aromatic N) is 1. The number of hydrogen-bond acceptors (Lipinski definition) is 3. The average molecular weight is 310 g/mol. The molecule has 0 unspecified atom stereocenters. The molecule has 0 aliphatic rings. The zero-order valence-electron chi connectivity index (χ0n) is 10.2. The zero-order chi connectivity index (χ0) is 13.4. The molecule has 0 aliphatic heterocycles. The Morgan fingerprint density at radius 2 is 1.83 bits per heavy atom. The smallest absolute Gasteiger partial charge is 0.341 e. The minimum atomic E-state index is -1.02. The van der Waals surface area contributed by atoms with Gasteiger partial charge in [-0.1, -0.05) is 21.1 Å². The van der Waals surface area contributed by atoms with Gasteiger partial charge in [0.25, 0.3) is 0 Å². The standard InChI is InChI=1S/C13H12BrNO3/c1-6-4-9(14)5-7(2)10(6)12-11(13(16)17)8(3)18-15-12/h4-5H,1-3H3,(H,16,17). The summed E-state index contributed by atoms with van der Waals surface area (Å²) in [7, 11) is 0. The number of carbonyl (C=O) groups is 1. The number of aryl methyl sites for hydroxylation is 3. The van der Waals surface area contributed by atoms with Crippen LogP contribution in [-0.4, -0.2) is 16.2 Å². The monoisotopic (exact) mass is 309 g/mol. The quantitative estimate of drug-likeness (QED) is 0.918. The molecule has 18 heavy (non-hydrogen) atoms. The normalized spacial score (nSPS) is 10.7. The molecule has 0 saturated carbocycles. The van der Waals surface area contributed by atoms with Gasteiger partial charge >= 0.3 is 5.97 Å². The first-order chi connectivity index (χ1) is 8.41. The fraction of sp³-hybridized carbons (Fsp3) is 0.231. The van der Waals surface area contributed by atoms with Crippen molar-refractivity contribution in [2.45, 2.75) is 20.8 Å². The Morgan fingerprint density at radius 1 is 1.28 bits per heavy atom. The van der Waals surface area contributed by atoms with Gasteiger partial charge in [-0.05, 0) is 44.0 Å². The van der Waals surface area contributed by atoms with Crippen molar-refractivity contribution in [3.8, 4) is 11.3 Å². The van der Waals surface area contributed by atoms with E-state index >= 15 is 0 Å². The fourth-order valence-electron chi connectivity index (χ4n) is 2.08. The first kappa shape index (κ1) is 12.8. The van der Waals surface area contributed by atoms with Crippen LogP contribution in [0.25, 0.3) is 11.3 Å². The lowest BCUT2D eigenvalue weighted by atomic mass is 9.97. The Bertz CT molecular complexity index is 608. The van der Waals surface area contributed by atoms with Crippen molar-refractivity contribution in [1.82, 2.24) is 5.16 Å². The summed E-state index contributed by atoms with van der Waals surface area (Å²) in [5, 5.41) is 13.1. The number of hydrogen-bond donors (Lipinski definition) is 1. The lowest BCUT2D eigenvalue weighted by Crippen LogP contribution is -2.01. The lowest BCUT2D eigenvalue weighted by molar-refractivity contribution is 0.0696. The van der Waals surface area contributed by atoms with Crippen LogP contribution in [0.2, 0.25) is 0 Å². The molecule has 5 heteroatoms. The second-order valence-corrected chi connectivity index (χ2v) is 5.10. The molecule has 0 bridgehead atoms. The van der Waals surface area contributed by atoms with Crippen LogP contribution in [0.5, 0.6) is 0 Å². The first-order valence-corrected chi connectivity index (χ1v) is 6.17. The molecule has 1 N–H and O–H groups in total. The third-order valence-electron chi connectivity index (χ3n) is 2.81. The molecule has 94 valence electrons. The molecule has 1 aromatic heterocycles. The van der Waals surface area contributed by atoms with Crippen LogP contribution in [-0.2, 0) is 0 Å². The molecule has 2 aromatic rings. The summed E-state index contributed by atoms with van der Waals surface area (Å²) < 4.78 is 5.97. The number of aromatic carboxylic acids is 1. The second kappa shape index (κ2) is 4.57. The Kier molecular flexibility index (Phi) is 3.26. The summed E-state index contributed by atoms with van der Waals surface area (Å²) in [4.78, 5) is 11.3. The minimum Gasteiger partial charge on any atom is -0.477 e. The van der Waals surface area contributed by atoms with Crippen LogP contribution in [0.1, 0.15) is 27.2 Å². The van der Waals surface area contributed by atoms with Crippen molar-refractivity contribution >= 4 is 21.9 Å². The molecule has 2 rings (SSSR count). The number of benzene rings is 1. The number of rotatable bonds is 2. The largest absolute Gasteiger partial charge is 0.477 e. The highest BCUT2D eigenvalue weighted by atomic mass is 79.9. The summed E-state index contributed by atoms with van der Waals surface area (Å²) in [5.41, 5.74) is 3.24. The van der Waals surface area contributed by atoms with E-state index in [1.54, 1.807) is 6.92 Å². The lowest BCUT2D eigenvalue weighted by Gasteiger charge is -2.08. The zero-order valence-corrected chi connectivity index (χ0v) is 11.8. The van der Waals surface area contributed by atoms with Crippen LogP contribution in [0.4, 0.5) is 0 Å². The molecule has 0 fully saturated rings. The highest BCUT2D eigenvalue weighted by Crippen LogP contribution is 2.32. The maximum Gasteiger partial charge on any atom is 0.341 e. The predicted molar refractivity (Wildman–Crippen MR) is 70.8 cm³/mol. The molecule has 0 spiro atoms. The van der Waals surface area contributed by atoms with Gasteiger partial charge in [-0.15, -0.1) is 0 Å². The van der Waals surface area contributed by atoms with Crippen LogP contribution in [0.15, 0.2) is 21.1 Å².